The molecule has 0 saturated heterocycles. The SMILES string of the molecule is CCc1nn(C)c(CC)c1CNCCc1ccc(CO)cc1. The zero-order chi connectivity index (χ0) is 15.9. The molecular formula is C18H27N3O. The van der Waals surface area contributed by atoms with Crippen molar-refractivity contribution in [1.29, 1.82) is 0 Å². The third-order valence-electron chi connectivity index (χ3n) is 4.13. The molecule has 0 atom stereocenters. The molecule has 0 saturated carbocycles. The van der Waals surface area contributed by atoms with Crippen LogP contribution in [0, 0.1) is 0 Å². The monoisotopic (exact) mass is 301 g/mol. The van der Waals surface area contributed by atoms with Gasteiger partial charge in [0.05, 0.1) is 12.3 Å². The molecule has 2 rings (SSSR count). The average molecular weight is 301 g/mol. The van der Waals surface area contributed by atoms with Crippen molar-refractivity contribution >= 4 is 0 Å². The number of aliphatic hydroxyl groups excluding tert-OH is 1. The Bertz CT molecular complexity index is 587. The van der Waals surface area contributed by atoms with Gasteiger partial charge in [-0.1, -0.05) is 38.1 Å². The molecule has 0 fully saturated rings. The molecule has 0 aliphatic rings. The smallest absolute Gasteiger partial charge is 0.0681 e. The summed E-state index contributed by atoms with van der Waals surface area (Å²) in [6.45, 7) is 6.28. The molecule has 4 nitrogen and oxygen atoms in total. The van der Waals surface area contributed by atoms with Crippen LogP contribution in [-0.2, 0) is 39.5 Å². The van der Waals surface area contributed by atoms with Gasteiger partial charge in [0.25, 0.3) is 0 Å². The normalized spacial score (nSPS) is 11.1. The maximum Gasteiger partial charge on any atom is 0.0681 e. The molecule has 0 bridgehead atoms. The van der Waals surface area contributed by atoms with E-state index in [2.05, 4.69) is 36.4 Å². The van der Waals surface area contributed by atoms with Gasteiger partial charge in [-0.2, -0.15) is 5.10 Å². The van der Waals surface area contributed by atoms with E-state index in [4.69, 9.17) is 5.11 Å². The third-order valence-corrected chi connectivity index (χ3v) is 4.13. The van der Waals surface area contributed by atoms with Crippen molar-refractivity contribution in [2.24, 2.45) is 7.05 Å². The van der Waals surface area contributed by atoms with Gasteiger partial charge in [-0.3, -0.25) is 4.68 Å². The van der Waals surface area contributed by atoms with Crippen LogP contribution in [0.15, 0.2) is 24.3 Å². The van der Waals surface area contributed by atoms with Crippen LogP contribution in [0.1, 0.15) is 41.9 Å². The minimum atomic E-state index is 0.110. The van der Waals surface area contributed by atoms with Gasteiger partial charge in [-0.25, -0.2) is 0 Å². The number of aliphatic hydroxyl groups is 1. The molecule has 4 heteroatoms. The van der Waals surface area contributed by atoms with Crippen molar-refractivity contribution in [3.05, 3.63) is 52.3 Å². The van der Waals surface area contributed by atoms with Gasteiger partial charge in [0, 0.05) is 24.8 Å². The fraction of sp³-hybridized carbons (Fsp3) is 0.500. The molecule has 1 aromatic heterocycles. The summed E-state index contributed by atoms with van der Waals surface area (Å²) in [5, 5.41) is 17.2. The standard InChI is InChI=1S/C18H27N3O/c1-4-17-16(18(5-2)21(3)20-17)12-19-11-10-14-6-8-15(13-22)9-7-14/h6-9,19,22H,4-5,10-13H2,1-3H3. The first kappa shape index (κ1) is 16.7. The van der Waals surface area contributed by atoms with Crippen LogP contribution in [0.3, 0.4) is 0 Å². The van der Waals surface area contributed by atoms with E-state index in [1.165, 1.54) is 22.5 Å². The van der Waals surface area contributed by atoms with Crippen molar-refractivity contribution < 1.29 is 5.11 Å². The number of aromatic nitrogens is 2. The van der Waals surface area contributed by atoms with Gasteiger partial charge >= 0.3 is 0 Å². The summed E-state index contributed by atoms with van der Waals surface area (Å²) in [7, 11) is 2.03. The predicted molar refractivity (Wildman–Crippen MR) is 89.7 cm³/mol. The molecule has 2 N–H and O–H groups in total. The van der Waals surface area contributed by atoms with Crippen LogP contribution >= 0.6 is 0 Å². The number of hydrogen-bond acceptors (Lipinski definition) is 3. The molecule has 0 amide bonds. The van der Waals surface area contributed by atoms with Crippen molar-refractivity contribution in [3.8, 4) is 0 Å². The lowest BCUT2D eigenvalue weighted by Gasteiger charge is -2.08. The Kier molecular flexibility index (Phi) is 6.16. The summed E-state index contributed by atoms with van der Waals surface area (Å²) in [6, 6.07) is 8.15. The van der Waals surface area contributed by atoms with Crippen LogP contribution in [0.25, 0.3) is 0 Å². The van der Waals surface area contributed by atoms with Crippen LogP contribution < -0.4 is 5.32 Å². The first-order valence-corrected chi connectivity index (χ1v) is 8.12. The van der Waals surface area contributed by atoms with E-state index in [0.29, 0.717) is 0 Å². The Morgan fingerprint density at radius 3 is 2.36 bits per heavy atom. The first-order chi connectivity index (χ1) is 10.7. The second kappa shape index (κ2) is 8.11. The Morgan fingerprint density at radius 1 is 1.09 bits per heavy atom. The summed E-state index contributed by atoms with van der Waals surface area (Å²) in [5.74, 6) is 0. The second-order valence-electron chi connectivity index (χ2n) is 5.60. The zero-order valence-corrected chi connectivity index (χ0v) is 13.9. The third kappa shape index (κ3) is 3.96. The van der Waals surface area contributed by atoms with Gasteiger partial charge < -0.3 is 10.4 Å². The lowest BCUT2D eigenvalue weighted by Crippen LogP contribution is -2.18. The number of hydrogen-bond donors (Lipinski definition) is 2. The topological polar surface area (TPSA) is 50.1 Å². The Labute approximate surface area is 133 Å². The maximum atomic E-state index is 9.05. The summed E-state index contributed by atoms with van der Waals surface area (Å²) in [5.41, 5.74) is 6.16. The zero-order valence-electron chi connectivity index (χ0n) is 13.9. The molecule has 0 unspecified atom stereocenters. The highest BCUT2D eigenvalue weighted by Gasteiger charge is 2.12. The van der Waals surface area contributed by atoms with E-state index in [0.717, 1.165) is 37.9 Å². The minimum absolute atomic E-state index is 0.110. The molecule has 22 heavy (non-hydrogen) atoms. The Balaban J connectivity index is 1.88. The van der Waals surface area contributed by atoms with E-state index in [-0.39, 0.29) is 6.61 Å². The molecule has 0 aliphatic heterocycles. The summed E-state index contributed by atoms with van der Waals surface area (Å²) in [4.78, 5) is 0. The Hall–Kier alpha value is -1.65. The number of nitrogens with one attached hydrogen (secondary N) is 1. The first-order valence-electron chi connectivity index (χ1n) is 8.12. The van der Waals surface area contributed by atoms with Gasteiger partial charge in [0.1, 0.15) is 0 Å². The summed E-state index contributed by atoms with van der Waals surface area (Å²) >= 11 is 0. The largest absolute Gasteiger partial charge is 0.392 e. The molecule has 1 aromatic carbocycles. The fourth-order valence-electron chi connectivity index (χ4n) is 2.85. The molecule has 0 aliphatic carbocycles. The van der Waals surface area contributed by atoms with E-state index >= 15 is 0 Å². The maximum absolute atomic E-state index is 9.05. The van der Waals surface area contributed by atoms with E-state index in [1.807, 2.05) is 23.9 Å². The van der Waals surface area contributed by atoms with E-state index < -0.39 is 0 Å². The lowest BCUT2D eigenvalue weighted by molar-refractivity contribution is 0.282. The quantitative estimate of drug-likeness (QED) is 0.736. The highest BCUT2D eigenvalue weighted by molar-refractivity contribution is 5.27. The van der Waals surface area contributed by atoms with Gasteiger partial charge in [0.15, 0.2) is 0 Å². The number of rotatable bonds is 8. The van der Waals surface area contributed by atoms with Crippen molar-refractivity contribution in [1.82, 2.24) is 15.1 Å². The van der Waals surface area contributed by atoms with Crippen molar-refractivity contribution in [3.63, 3.8) is 0 Å². The van der Waals surface area contributed by atoms with E-state index in [9.17, 15) is 0 Å². The summed E-state index contributed by atoms with van der Waals surface area (Å²) < 4.78 is 2.02. The molecule has 1 heterocycles. The van der Waals surface area contributed by atoms with Crippen molar-refractivity contribution in [2.75, 3.05) is 6.54 Å². The Morgan fingerprint density at radius 2 is 1.77 bits per heavy atom. The molecule has 2 aromatic rings. The van der Waals surface area contributed by atoms with Crippen LogP contribution in [-0.4, -0.2) is 21.4 Å². The average Bonchev–Trinajstić information content (AvgIpc) is 2.87. The van der Waals surface area contributed by atoms with Crippen molar-refractivity contribution in [2.45, 2.75) is 46.3 Å². The highest BCUT2D eigenvalue weighted by Crippen LogP contribution is 2.15. The summed E-state index contributed by atoms with van der Waals surface area (Å²) in [6.07, 6.45) is 2.99. The van der Waals surface area contributed by atoms with Gasteiger partial charge in [-0.05, 0) is 36.9 Å². The van der Waals surface area contributed by atoms with Crippen LogP contribution in [0.2, 0.25) is 0 Å². The van der Waals surface area contributed by atoms with Crippen LogP contribution in [0.5, 0.6) is 0 Å². The fourth-order valence-corrected chi connectivity index (χ4v) is 2.85. The second-order valence-corrected chi connectivity index (χ2v) is 5.60. The number of aryl methyl sites for hydroxylation is 2. The van der Waals surface area contributed by atoms with E-state index in [1.54, 1.807) is 0 Å². The number of benzene rings is 1. The van der Waals surface area contributed by atoms with Crippen LogP contribution in [0.4, 0.5) is 0 Å². The highest BCUT2D eigenvalue weighted by atomic mass is 16.3. The molecule has 120 valence electrons. The van der Waals surface area contributed by atoms with Gasteiger partial charge in [-0.15, -0.1) is 0 Å². The molecule has 0 radical (unpaired) electrons. The number of nitrogens with zero attached hydrogens (tertiary/aromatic N) is 2. The lowest BCUT2D eigenvalue weighted by atomic mass is 10.1. The minimum Gasteiger partial charge on any atom is -0.392 e. The van der Waals surface area contributed by atoms with Gasteiger partial charge in [0.2, 0.25) is 0 Å². The molecular weight excluding hydrogens is 274 g/mol. The molecule has 0 spiro atoms. The predicted octanol–water partition coefficient (Wildman–Crippen LogP) is 2.37.